The van der Waals surface area contributed by atoms with Gasteiger partial charge < -0.3 is 21.7 Å². The highest BCUT2D eigenvalue weighted by molar-refractivity contribution is 7.89. The summed E-state index contributed by atoms with van der Waals surface area (Å²) in [4.78, 5) is 15.1. The van der Waals surface area contributed by atoms with E-state index < -0.39 is 33.7 Å². The molecule has 1 amide bonds. The first-order valence-electron chi connectivity index (χ1n) is 11.5. The summed E-state index contributed by atoms with van der Waals surface area (Å²) in [6.07, 6.45) is -4.53. The molecule has 0 unspecified atom stereocenters. The molecule has 38 heavy (non-hydrogen) atoms. The van der Waals surface area contributed by atoms with Gasteiger partial charge in [-0.1, -0.05) is 30.3 Å². The number of nitrogens with two attached hydrogens (primary N) is 2. The molecule has 1 atom stereocenters. The molecule has 6 N–H and O–H groups in total. The number of amides is 1. The number of rotatable bonds is 8. The average Bonchev–Trinajstić information content (AvgIpc) is 3.18. The highest BCUT2D eigenvalue weighted by Crippen LogP contribution is 2.34. The molecule has 0 saturated heterocycles. The lowest BCUT2D eigenvalue weighted by molar-refractivity contribution is -0.137. The largest absolute Gasteiger partial charge is 0.416 e. The van der Waals surface area contributed by atoms with Crippen molar-refractivity contribution >= 4 is 27.3 Å². The fourth-order valence-corrected chi connectivity index (χ4v) is 4.86. The number of carbonyl (C=O) groups excluding carboxylic acids is 1. The van der Waals surface area contributed by atoms with E-state index >= 15 is 0 Å². The lowest BCUT2D eigenvalue weighted by Crippen LogP contribution is -2.29. The van der Waals surface area contributed by atoms with E-state index in [1.165, 1.54) is 36.2 Å². The fourth-order valence-electron chi connectivity index (χ4n) is 4.13. The van der Waals surface area contributed by atoms with Crippen molar-refractivity contribution in [2.75, 3.05) is 24.6 Å². The minimum Gasteiger partial charge on any atom is -0.399 e. The number of anilines is 2. The first-order valence-corrected chi connectivity index (χ1v) is 13.0. The standard InChI is InChI=1S/C26H26F3N5O3S/c1-32-38(36,37)21-11-5-16(6-12-21)14-34-15-22(33-20-4-2-3-18(13-20)26(27,28)29)23(25(34)35)24(31)17-7-9-19(30)10-8-17/h2-13,24,32-33H,14-15,30-31H2,1H3/t24-/m1/s1. The van der Waals surface area contributed by atoms with Crippen molar-refractivity contribution in [3.05, 3.63) is 101 Å². The van der Waals surface area contributed by atoms with Crippen LogP contribution in [0.4, 0.5) is 24.5 Å². The number of halogens is 3. The van der Waals surface area contributed by atoms with E-state index in [1.807, 2.05) is 0 Å². The van der Waals surface area contributed by atoms with Crippen LogP contribution in [0.5, 0.6) is 0 Å². The SMILES string of the molecule is CNS(=O)(=O)c1ccc(CN2CC(Nc3cccc(C(F)(F)F)c3)=C([C@H](N)c3ccc(N)cc3)C2=O)cc1. The molecule has 0 aliphatic carbocycles. The number of carbonyl (C=O) groups is 1. The molecule has 1 aliphatic rings. The summed E-state index contributed by atoms with van der Waals surface area (Å²) in [7, 11) is -2.31. The molecule has 0 aromatic heterocycles. The molecule has 0 bridgehead atoms. The Kier molecular flexibility index (Phi) is 7.49. The lowest BCUT2D eigenvalue weighted by atomic mass is 9.98. The van der Waals surface area contributed by atoms with Gasteiger partial charge in [0.25, 0.3) is 5.91 Å². The van der Waals surface area contributed by atoms with Gasteiger partial charge in [-0.25, -0.2) is 13.1 Å². The van der Waals surface area contributed by atoms with Crippen LogP contribution < -0.4 is 21.5 Å². The van der Waals surface area contributed by atoms with Crippen molar-refractivity contribution in [2.45, 2.75) is 23.7 Å². The average molecular weight is 546 g/mol. The summed E-state index contributed by atoms with van der Waals surface area (Å²) in [5.74, 6) is -0.393. The van der Waals surface area contributed by atoms with Crippen LogP contribution >= 0.6 is 0 Å². The molecule has 1 heterocycles. The van der Waals surface area contributed by atoms with Crippen molar-refractivity contribution in [3.63, 3.8) is 0 Å². The maximum absolute atomic E-state index is 13.5. The predicted molar refractivity (Wildman–Crippen MR) is 138 cm³/mol. The predicted octanol–water partition coefficient (Wildman–Crippen LogP) is 3.60. The zero-order chi connectivity index (χ0) is 27.7. The van der Waals surface area contributed by atoms with Crippen LogP contribution in [0.25, 0.3) is 0 Å². The molecule has 8 nitrogen and oxygen atoms in total. The lowest BCUT2D eigenvalue weighted by Gasteiger charge is -2.19. The third-order valence-electron chi connectivity index (χ3n) is 6.16. The number of alkyl halides is 3. The van der Waals surface area contributed by atoms with Gasteiger partial charge in [-0.15, -0.1) is 0 Å². The fraction of sp³-hybridized carbons (Fsp3) is 0.192. The van der Waals surface area contributed by atoms with Crippen molar-refractivity contribution in [3.8, 4) is 0 Å². The third-order valence-corrected chi connectivity index (χ3v) is 7.59. The van der Waals surface area contributed by atoms with Gasteiger partial charge in [0.15, 0.2) is 0 Å². The summed E-state index contributed by atoms with van der Waals surface area (Å²) in [5.41, 5.74) is 13.9. The van der Waals surface area contributed by atoms with E-state index in [4.69, 9.17) is 11.5 Å². The van der Waals surface area contributed by atoms with Crippen molar-refractivity contribution < 1.29 is 26.4 Å². The van der Waals surface area contributed by atoms with Gasteiger partial charge >= 0.3 is 6.18 Å². The Morgan fingerprint density at radius 3 is 2.29 bits per heavy atom. The van der Waals surface area contributed by atoms with E-state index in [2.05, 4.69) is 10.0 Å². The molecular formula is C26H26F3N5O3S. The highest BCUT2D eigenvalue weighted by Gasteiger charge is 2.35. The van der Waals surface area contributed by atoms with Crippen LogP contribution in [0.3, 0.4) is 0 Å². The molecule has 1 aliphatic heterocycles. The van der Waals surface area contributed by atoms with Gasteiger partial charge in [0.1, 0.15) is 0 Å². The Bertz CT molecular complexity index is 1470. The summed E-state index contributed by atoms with van der Waals surface area (Å²) < 4.78 is 66.0. The van der Waals surface area contributed by atoms with Gasteiger partial charge in [0.2, 0.25) is 10.0 Å². The maximum atomic E-state index is 13.5. The van der Waals surface area contributed by atoms with E-state index in [1.54, 1.807) is 36.4 Å². The van der Waals surface area contributed by atoms with E-state index in [0.717, 1.165) is 12.1 Å². The molecule has 3 aromatic carbocycles. The number of nitrogen functional groups attached to an aromatic ring is 1. The van der Waals surface area contributed by atoms with E-state index in [-0.39, 0.29) is 29.2 Å². The Morgan fingerprint density at radius 1 is 1.03 bits per heavy atom. The van der Waals surface area contributed by atoms with Gasteiger partial charge in [-0.2, -0.15) is 13.2 Å². The Morgan fingerprint density at radius 2 is 1.68 bits per heavy atom. The minimum atomic E-state index is -4.53. The highest BCUT2D eigenvalue weighted by atomic mass is 32.2. The second kappa shape index (κ2) is 10.5. The number of nitrogens with zero attached hydrogens (tertiary/aromatic N) is 1. The number of nitrogens with one attached hydrogen (secondary N) is 2. The van der Waals surface area contributed by atoms with Crippen LogP contribution in [-0.2, 0) is 27.5 Å². The zero-order valence-corrected chi connectivity index (χ0v) is 21.1. The monoisotopic (exact) mass is 545 g/mol. The molecule has 4 rings (SSSR count). The van der Waals surface area contributed by atoms with Crippen LogP contribution in [0, 0.1) is 0 Å². The van der Waals surface area contributed by atoms with Gasteiger partial charge in [0, 0.05) is 23.6 Å². The molecular weight excluding hydrogens is 519 g/mol. The molecule has 12 heteroatoms. The summed E-state index contributed by atoms with van der Waals surface area (Å²) >= 11 is 0. The molecule has 0 radical (unpaired) electrons. The normalized spacial score (nSPS) is 15.2. The van der Waals surface area contributed by atoms with Gasteiger partial charge in [-0.3, -0.25) is 4.79 Å². The van der Waals surface area contributed by atoms with Crippen molar-refractivity contribution in [2.24, 2.45) is 5.73 Å². The van der Waals surface area contributed by atoms with Crippen LogP contribution in [0.2, 0.25) is 0 Å². The Balaban J connectivity index is 1.65. The number of benzene rings is 3. The minimum absolute atomic E-state index is 0.0592. The first-order chi connectivity index (χ1) is 17.9. The summed E-state index contributed by atoms with van der Waals surface area (Å²) in [6, 6.07) is 16.5. The molecule has 3 aromatic rings. The van der Waals surface area contributed by atoms with Crippen molar-refractivity contribution in [1.82, 2.24) is 9.62 Å². The smallest absolute Gasteiger partial charge is 0.399 e. The van der Waals surface area contributed by atoms with Crippen LogP contribution in [-0.4, -0.2) is 32.8 Å². The third kappa shape index (κ3) is 5.82. The summed E-state index contributed by atoms with van der Waals surface area (Å²) in [6.45, 7) is 0.189. The number of hydrogen-bond donors (Lipinski definition) is 4. The van der Waals surface area contributed by atoms with Gasteiger partial charge in [-0.05, 0) is 60.6 Å². The van der Waals surface area contributed by atoms with Crippen LogP contribution in [0.15, 0.2) is 89.0 Å². The number of sulfonamides is 1. The second-order valence-corrected chi connectivity index (χ2v) is 10.6. The zero-order valence-electron chi connectivity index (χ0n) is 20.3. The summed E-state index contributed by atoms with van der Waals surface area (Å²) in [5, 5.41) is 2.97. The Labute approximate surface area is 218 Å². The second-order valence-electron chi connectivity index (χ2n) is 8.75. The van der Waals surface area contributed by atoms with Gasteiger partial charge in [0.05, 0.1) is 28.6 Å². The first kappa shape index (κ1) is 27.2. The van der Waals surface area contributed by atoms with Crippen LogP contribution in [0.1, 0.15) is 22.7 Å². The quantitative estimate of drug-likeness (QED) is 0.320. The molecule has 200 valence electrons. The number of hydrogen-bond acceptors (Lipinski definition) is 6. The molecule has 0 fully saturated rings. The van der Waals surface area contributed by atoms with E-state index in [0.29, 0.717) is 22.5 Å². The topological polar surface area (TPSA) is 131 Å². The maximum Gasteiger partial charge on any atom is 0.416 e. The Hall–Kier alpha value is -3.87. The molecule has 0 saturated carbocycles. The molecule has 0 spiro atoms. The van der Waals surface area contributed by atoms with Crippen molar-refractivity contribution in [1.29, 1.82) is 0 Å². The van der Waals surface area contributed by atoms with E-state index in [9.17, 15) is 26.4 Å².